The van der Waals surface area contributed by atoms with Gasteiger partial charge in [0.1, 0.15) is 11.5 Å². The van der Waals surface area contributed by atoms with Gasteiger partial charge >= 0.3 is 12.7 Å². The summed E-state index contributed by atoms with van der Waals surface area (Å²) < 4.78 is 84.6. The number of carbonyl (C=O) groups is 1. The number of halogens is 6. The summed E-state index contributed by atoms with van der Waals surface area (Å²) >= 11 is 0. The molecule has 4 fully saturated rings. The maximum atomic E-state index is 14.2. The third-order valence-electron chi connectivity index (χ3n) is 11.7. The van der Waals surface area contributed by atoms with Crippen molar-refractivity contribution in [2.75, 3.05) is 6.54 Å². The molecule has 0 radical (unpaired) electrons. The number of rotatable bonds is 6. The minimum Gasteiger partial charge on any atom is -0.406 e. The normalized spacial score (nSPS) is 34.3. The summed E-state index contributed by atoms with van der Waals surface area (Å²) in [6, 6.07) is 9.64. The lowest BCUT2D eigenvalue weighted by molar-refractivity contribution is -0.275. The molecule has 1 heterocycles. The van der Waals surface area contributed by atoms with Crippen LogP contribution in [0, 0.1) is 34.5 Å². The van der Waals surface area contributed by atoms with Crippen molar-refractivity contribution in [3.63, 3.8) is 0 Å². The van der Waals surface area contributed by atoms with Crippen molar-refractivity contribution in [2.45, 2.75) is 89.7 Å². The second-order valence-corrected chi connectivity index (χ2v) is 14.1. The van der Waals surface area contributed by atoms with E-state index in [1.54, 1.807) is 0 Å². The Morgan fingerprint density at radius 3 is 1.89 bits per heavy atom. The third-order valence-corrected chi connectivity index (χ3v) is 11.7. The minimum absolute atomic E-state index is 0.0961. The fraction of sp³-hybridized carbons (Fsp3) is 0.618. The molecule has 3 aliphatic carbocycles. The largest absolute Gasteiger partial charge is 0.573 e. The zero-order chi connectivity index (χ0) is 33.1. The van der Waals surface area contributed by atoms with Crippen LogP contribution in [0.25, 0.3) is 0 Å². The van der Waals surface area contributed by atoms with Gasteiger partial charge in [-0.2, -0.15) is 0 Å². The van der Waals surface area contributed by atoms with Crippen molar-refractivity contribution in [3.8, 4) is 11.5 Å². The van der Waals surface area contributed by atoms with Crippen molar-refractivity contribution in [1.29, 1.82) is 0 Å². The lowest BCUT2D eigenvalue weighted by atomic mass is 9.48. The van der Waals surface area contributed by atoms with E-state index in [1.807, 2.05) is 0 Å². The van der Waals surface area contributed by atoms with Crippen LogP contribution in [-0.2, 0) is 4.79 Å². The van der Waals surface area contributed by atoms with Crippen molar-refractivity contribution in [3.05, 3.63) is 59.7 Å². The van der Waals surface area contributed by atoms with Crippen LogP contribution in [-0.4, -0.2) is 42.4 Å². The second-order valence-electron chi connectivity index (χ2n) is 14.1. The Kier molecular flexibility index (Phi) is 8.53. The van der Waals surface area contributed by atoms with Crippen LogP contribution >= 0.6 is 0 Å². The number of aliphatic hydroxyl groups excluding tert-OH is 1. The lowest BCUT2D eigenvalue weighted by Gasteiger charge is -2.61. The molecule has 6 nitrogen and oxygen atoms in total. The molecule has 1 amide bonds. The second kappa shape index (κ2) is 11.9. The summed E-state index contributed by atoms with van der Waals surface area (Å²) in [6.45, 7) is 5.41. The van der Waals surface area contributed by atoms with E-state index < -0.39 is 30.3 Å². The van der Waals surface area contributed by atoms with Crippen LogP contribution in [0.1, 0.15) is 76.0 Å². The molecule has 46 heavy (non-hydrogen) atoms. The molecule has 1 saturated heterocycles. The summed E-state index contributed by atoms with van der Waals surface area (Å²) in [5, 5.41) is 17.2. The monoisotopic (exact) mass is 654 g/mol. The van der Waals surface area contributed by atoms with E-state index in [0.29, 0.717) is 35.3 Å². The average Bonchev–Trinajstić information content (AvgIpc) is 3.33. The molecule has 8 atom stereocenters. The van der Waals surface area contributed by atoms with E-state index in [2.05, 4.69) is 34.0 Å². The minimum atomic E-state index is -4.87. The van der Waals surface area contributed by atoms with Crippen molar-refractivity contribution in [1.82, 2.24) is 10.6 Å². The molecule has 252 valence electrons. The van der Waals surface area contributed by atoms with Crippen LogP contribution in [0.5, 0.6) is 11.5 Å². The van der Waals surface area contributed by atoms with Gasteiger partial charge in [-0.05, 0) is 115 Å². The Morgan fingerprint density at radius 1 is 0.826 bits per heavy atom. The van der Waals surface area contributed by atoms with Crippen LogP contribution in [0.2, 0.25) is 0 Å². The van der Waals surface area contributed by atoms with Crippen LogP contribution in [0.4, 0.5) is 26.3 Å². The summed E-state index contributed by atoms with van der Waals surface area (Å²) in [6.07, 6.45) is -4.00. The van der Waals surface area contributed by atoms with Gasteiger partial charge in [-0.1, -0.05) is 38.1 Å². The molecule has 2 aromatic rings. The Balaban J connectivity index is 1.23. The molecular weight excluding hydrogens is 614 g/mol. The highest BCUT2D eigenvalue weighted by Crippen LogP contribution is 2.64. The van der Waals surface area contributed by atoms with Gasteiger partial charge in [0.2, 0.25) is 5.91 Å². The predicted octanol–water partition coefficient (Wildman–Crippen LogP) is 7.27. The first-order valence-electron chi connectivity index (χ1n) is 16.0. The highest BCUT2D eigenvalue weighted by molar-refractivity contribution is 5.81. The highest BCUT2D eigenvalue weighted by atomic mass is 19.4. The van der Waals surface area contributed by atoms with E-state index in [-0.39, 0.29) is 34.8 Å². The number of fused-ring (bicyclic) bond motifs is 5. The zero-order valence-corrected chi connectivity index (χ0v) is 25.8. The van der Waals surface area contributed by atoms with E-state index in [1.165, 1.54) is 24.3 Å². The van der Waals surface area contributed by atoms with Gasteiger partial charge in [-0.15, -0.1) is 26.3 Å². The van der Waals surface area contributed by atoms with E-state index in [4.69, 9.17) is 0 Å². The standard InChI is InChI=1S/C34H40F6N2O4/c1-31-16-14-26-24(18-41-28-17-21(43)13-15-32(26,28)2)25(31)11-12-27(31)30(44)42-29(19-3-7-22(8-4-19)45-33(35,36)37)20-5-9-23(10-6-20)46-34(38,39)40/h3-10,21,24-29,41,43H,11-18H2,1-2H3,(H,42,44)/t21?,24?,25?,26?,27?,28?,31-,32+/m0/s1. The maximum Gasteiger partial charge on any atom is 0.573 e. The number of nitrogens with one attached hydrogen (secondary N) is 2. The molecule has 0 spiro atoms. The molecule has 6 rings (SSSR count). The van der Waals surface area contributed by atoms with Crippen LogP contribution in [0.15, 0.2) is 48.5 Å². The molecule has 6 unspecified atom stereocenters. The first-order valence-corrected chi connectivity index (χ1v) is 16.0. The van der Waals surface area contributed by atoms with Crippen LogP contribution in [0.3, 0.4) is 0 Å². The molecule has 1 aliphatic heterocycles. The van der Waals surface area contributed by atoms with Crippen molar-refractivity contribution >= 4 is 5.91 Å². The molecule has 2 aromatic carbocycles. The van der Waals surface area contributed by atoms with E-state index in [9.17, 15) is 36.2 Å². The number of benzene rings is 2. The number of alkyl halides is 6. The fourth-order valence-corrected chi connectivity index (χ4v) is 9.50. The van der Waals surface area contributed by atoms with Gasteiger partial charge in [0.05, 0.1) is 12.1 Å². The van der Waals surface area contributed by atoms with Gasteiger partial charge in [0, 0.05) is 12.0 Å². The Bertz CT molecular complexity index is 1340. The topological polar surface area (TPSA) is 79.8 Å². The molecule has 3 saturated carbocycles. The molecule has 3 N–H and O–H groups in total. The molecule has 4 aliphatic rings. The van der Waals surface area contributed by atoms with Crippen molar-refractivity contribution in [2.24, 2.45) is 34.5 Å². The summed E-state index contributed by atoms with van der Waals surface area (Å²) in [5.74, 6) is -0.103. The van der Waals surface area contributed by atoms with Crippen LogP contribution < -0.4 is 20.1 Å². The number of amides is 1. The maximum absolute atomic E-state index is 14.2. The average molecular weight is 655 g/mol. The smallest absolute Gasteiger partial charge is 0.406 e. The molecular formula is C34H40F6N2O4. The Labute approximate surface area is 264 Å². The summed E-state index contributed by atoms with van der Waals surface area (Å²) in [5.41, 5.74) is 0.735. The zero-order valence-electron chi connectivity index (χ0n) is 25.8. The first-order chi connectivity index (χ1) is 21.6. The number of hydrogen-bond acceptors (Lipinski definition) is 5. The third kappa shape index (κ3) is 6.43. The van der Waals surface area contributed by atoms with Gasteiger partial charge in [0.15, 0.2) is 0 Å². The SMILES string of the molecule is C[C@]12CCC(O)CC1NCC1C2CC[C@]2(C)C(C(=O)NC(c3ccc(OC(F)(F)F)cc3)c3ccc(OC(F)(F)F)cc3)CCC12. The number of piperidine rings is 1. The molecule has 12 heteroatoms. The molecule has 0 aromatic heterocycles. The summed E-state index contributed by atoms with van der Waals surface area (Å²) in [7, 11) is 0. The van der Waals surface area contributed by atoms with E-state index >= 15 is 0 Å². The number of carbonyl (C=O) groups excluding carboxylic acids is 1. The number of hydrogen-bond donors (Lipinski definition) is 3. The lowest BCUT2D eigenvalue weighted by Crippen LogP contribution is -2.64. The predicted molar refractivity (Wildman–Crippen MR) is 157 cm³/mol. The Hall–Kier alpha value is -2.99. The van der Waals surface area contributed by atoms with Gasteiger partial charge in [-0.25, -0.2) is 0 Å². The van der Waals surface area contributed by atoms with E-state index in [0.717, 1.165) is 69.3 Å². The quantitative estimate of drug-likeness (QED) is 0.286. The highest BCUT2D eigenvalue weighted by Gasteiger charge is 2.61. The van der Waals surface area contributed by atoms with Crippen molar-refractivity contribution < 1.29 is 45.7 Å². The number of aliphatic hydroxyl groups is 1. The van der Waals surface area contributed by atoms with Gasteiger partial charge in [-0.3, -0.25) is 4.79 Å². The Morgan fingerprint density at radius 2 is 1.35 bits per heavy atom. The fourth-order valence-electron chi connectivity index (χ4n) is 9.50. The molecule has 0 bridgehead atoms. The summed E-state index contributed by atoms with van der Waals surface area (Å²) in [4.78, 5) is 14.2. The van der Waals surface area contributed by atoms with Gasteiger partial charge < -0.3 is 25.2 Å². The van der Waals surface area contributed by atoms with Gasteiger partial charge in [0.25, 0.3) is 0 Å². The number of ether oxygens (including phenoxy) is 2. The first kappa shape index (κ1) is 32.9.